The maximum absolute atomic E-state index is 6.10. The second kappa shape index (κ2) is 5.37. The average molecular weight is 321 g/mol. The van der Waals surface area contributed by atoms with Crippen LogP contribution < -0.4 is 5.01 Å². The van der Waals surface area contributed by atoms with Crippen molar-refractivity contribution in [2.75, 3.05) is 31.3 Å². The Kier molecular flexibility index (Phi) is 3.76. The fourth-order valence-electron chi connectivity index (χ4n) is 2.27. The molecule has 0 atom stereocenters. The minimum absolute atomic E-state index is 0.335. The fraction of sp³-hybridized carbons (Fsp3) is 0.417. The van der Waals surface area contributed by atoms with Crippen molar-refractivity contribution in [3.05, 3.63) is 28.0 Å². The molecule has 0 aliphatic carbocycles. The number of hydrogen-bond donors (Lipinski definition) is 0. The molecule has 3 rings (SSSR count). The van der Waals surface area contributed by atoms with Gasteiger partial charge in [0.1, 0.15) is 5.82 Å². The van der Waals surface area contributed by atoms with Crippen molar-refractivity contribution >= 4 is 45.8 Å². The van der Waals surface area contributed by atoms with Gasteiger partial charge in [-0.3, -0.25) is 0 Å². The SMILES string of the molecule is ClCc1nc2cc(Cl)c(Cl)cc2n1N1CCOCC1. The first-order valence-electron chi connectivity index (χ1n) is 5.96. The van der Waals surface area contributed by atoms with Crippen LogP contribution in [-0.4, -0.2) is 36.0 Å². The molecule has 0 bridgehead atoms. The smallest absolute Gasteiger partial charge is 0.143 e. The van der Waals surface area contributed by atoms with Gasteiger partial charge in [0.2, 0.25) is 0 Å². The molecule has 1 saturated heterocycles. The summed E-state index contributed by atoms with van der Waals surface area (Å²) in [5.41, 5.74) is 1.73. The summed E-state index contributed by atoms with van der Waals surface area (Å²) in [5, 5.41) is 3.19. The Morgan fingerprint density at radius 3 is 2.53 bits per heavy atom. The van der Waals surface area contributed by atoms with Crippen LogP contribution in [0.15, 0.2) is 12.1 Å². The van der Waals surface area contributed by atoms with Crippen LogP contribution >= 0.6 is 34.8 Å². The largest absolute Gasteiger partial charge is 0.378 e. The predicted molar refractivity (Wildman–Crippen MR) is 78.1 cm³/mol. The quantitative estimate of drug-likeness (QED) is 0.797. The average Bonchev–Trinajstić information content (AvgIpc) is 2.78. The molecule has 0 saturated carbocycles. The van der Waals surface area contributed by atoms with Crippen LogP contribution in [0.3, 0.4) is 0 Å². The first kappa shape index (κ1) is 13.3. The van der Waals surface area contributed by atoms with E-state index in [9.17, 15) is 0 Å². The van der Waals surface area contributed by atoms with Crippen LogP contribution in [-0.2, 0) is 10.6 Å². The van der Waals surface area contributed by atoms with E-state index in [0.717, 1.165) is 29.9 Å². The highest BCUT2D eigenvalue weighted by Gasteiger charge is 2.19. The highest BCUT2D eigenvalue weighted by molar-refractivity contribution is 6.42. The standard InChI is InChI=1S/C12H12Cl3N3O/c13-7-12-16-10-5-8(14)9(15)6-11(10)18(12)17-1-3-19-4-2-17/h5-6H,1-4,7H2. The Morgan fingerprint density at radius 1 is 1.16 bits per heavy atom. The van der Waals surface area contributed by atoms with E-state index in [4.69, 9.17) is 39.5 Å². The second-order valence-corrected chi connectivity index (χ2v) is 5.38. The molecular formula is C12H12Cl3N3O. The van der Waals surface area contributed by atoms with Gasteiger partial charge in [0.25, 0.3) is 0 Å². The van der Waals surface area contributed by atoms with Gasteiger partial charge in [-0.25, -0.2) is 9.66 Å². The number of aromatic nitrogens is 2. The molecule has 19 heavy (non-hydrogen) atoms. The summed E-state index contributed by atoms with van der Waals surface area (Å²) < 4.78 is 7.39. The maximum Gasteiger partial charge on any atom is 0.143 e. The highest BCUT2D eigenvalue weighted by atomic mass is 35.5. The Hall–Kier alpha value is -0.680. The van der Waals surface area contributed by atoms with Gasteiger partial charge >= 0.3 is 0 Å². The van der Waals surface area contributed by atoms with E-state index in [1.165, 1.54) is 0 Å². The first-order valence-corrected chi connectivity index (χ1v) is 7.25. The van der Waals surface area contributed by atoms with Crippen molar-refractivity contribution in [1.29, 1.82) is 0 Å². The van der Waals surface area contributed by atoms with Crippen LogP contribution in [0.25, 0.3) is 11.0 Å². The summed E-state index contributed by atoms with van der Waals surface area (Å²) in [7, 11) is 0. The number of fused-ring (bicyclic) bond motifs is 1. The molecule has 1 aromatic heterocycles. The van der Waals surface area contributed by atoms with E-state index in [0.29, 0.717) is 29.1 Å². The van der Waals surface area contributed by atoms with Gasteiger partial charge in [-0.1, -0.05) is 23.2 Å². The number of imidazole rings is 1. The van der Waals surface area contributed by atoms with Gasteiger partial charge in [-0.2, -0.15) is 0 Å². The summed E-state index contributed by atoms with van der Waals surface area (Å²) in [6.07, 6.45) is 0. The summed E-state index contributed by atoms with van der Waals surface area (Å²) in [6, 6.07) is 3.60. The van der Waals surface area contributed by atoms with Crippen molar-refractivity contribution in [2.24, 2.45) is 0 Å². The number of alkyl halides is 1. The molecule has 0 radical (unpaired) electrons. The molecule has 0 N–H and O–H groups in total. The van der Waals surface area contributed by atoms with E-state index in [2.05, 4.69) is 9.99 Å². The number of benzene rings is 1. The molecule has 0 spiro atoms. The van der Waals surface area contributed by atoms with Gasteiger partial charge in [-0.05, 0) is 12.1 Å². The van der Waals surface area contributed by atoms with Crippen LogP contribution in [0.2, 0.25) is 10.0 Å². The number of morpholine rings is 1. The van der Waals surface area contributed by atoms with Crippen molar-refractivity contribution < 1.29 is 4.74 Å². The third-order valence-corrected chi connectivity index (χ3v) is 4.09. The number of halogens is 3. The Balaban J connectivity index is 2.16. The van der Waals surface area contributed by atoms with E-state index in [1.54, 1.807) is 6.07 Å². The minimum Gasteiger partial charge on any atom is -0.378 e. The van der Waals surface area contributed by atoms with Crippen LogP contribution in [0.1, 0.15) is 5.82 Å². The lowest BCUT2D eigenvalue weighted by Gasteiger charge is -2.31. The molecule has 1 aliphatic rings. The van der Waals surface area contributed by atoms with E-state index in [-0.39, 0.29) is 0 Å². The molecule has 7 heteroatoms. The minimum atomic E-state index is 0.335. The fourth-order valence-corrected chi connectivity index (χ4v) is 2.76. The van der Waals surface area contributed by atoms with Crippen molar-refractivity contribution in [3.8, 4) is 0 Å². The van der Waals surface area contributed by atoms with Gasteiger partial charge in [0.15, 0.2) is 0 Å². The highest BCUT2D eigenvalue weighted by Crippen LogP contribution is 2.29. The maximum atomic E-state index is 6.10. The third kappa shape index (κ3) is 2.38. The molecule has 2 heterocycles. The summed E-state index contributed by atoms with van der Waals surface area (Å²) in [5.74, 6) is 1.12. The van der Waals surface area contributed by atoms with Crippen molar-refractivity contribution in [2.45, 2.75) is 5.88 Å². The lowest BCUT2D eigenvalue weighted by molar-refractivity contribution is 0.111. The molecule has 2 aromatic rings. The number of rotatable bonds is 2. The first-order chi connectivity index (χ1) is 9.20. The van der Waals surface area contributed by atoms with E-state index < -0.39 is 0 Å². The Morgan fingerprint density at radius 2 is 1.84 bits per heavy atom. The molecule has 102 valence electrons. The Bertz CT molecular complexity index is 608. The molecule has 1 aromatic carbocycles. The van der Waals surface area contributed by atoms with Gasteiger partial charge in [-0.15, -0.1) is 11.6 Å². The number of hydrogen-bond acceptors (Lipinski definition) is 3. The van der Waals surface area contributed by atoms with Gasteiger partial charge < -0.3 is 9.75 Å². The summed E-state index contributed by atoms with van der Waals surface area (Å²) >= 11 is 18.1. The normalized spacial score (nSPS) is 16.3. The van der Waals surface area contributed by atoms with Crippen LogP contribution in [0, 0.1) is 0 Å². The van der Waals surface area contributed by atoms with E-state index in [1.807, 2.05) is 10.7 Å². The van der Waals surface area contributed by atoms with E-state index >= 15 is 0 Å². The number of nitrogens with zero attached hydrogens (tertiary/aromatic N) is 3. The summed E-state index contributed by atoms with van der Waals surface area (Å²) in [6.45, 7) is 3.00. The summed E-state index contributed by atoms with van der Waals surface area (Å²) in [4.78, 5) is 4.51. The monoisotopic (exact) mass is 319 g/mol. The lowest BCUT2D eigenvalue weighted by Crippen LogP contribution is -2.44. The number of ether oxygens (including phenoxy) is 1. The topological polar surface area (TPSA) is 30.3 Å². The van der Waals surface area contributed by atoms with Gasteiger partial charge in [0, 0.05) is 0 Å². The van der Waals surface area contributed by atoms with Crippen LogP contribution in [0.5, 0.6) is 0 Å². The molecule has 0 unspecified atom stereocenters. The molecule has 1 aliphatic heterocycles. The molecule has 0 amide bonds. The second-order valence-electron chi connectivity index (χ2n) is 4.29. The molecular weight excluding hydrogens is 309 g/mol. The zero-order chi connectivity index (χ0) is 13.4. The zero-order valence-electron chi connectivity index (χ0n) is 10.1. The zero-order valence-corrected chi connectivity index (χ0v) is 12.3. The predicted octanol–water partition coefficient (Wildman–Crippen LogP) is 3.05. The van der Waals surface area contributed by atoms with Crippen molar-refractivity contribution in [3.63, 3.8) is 0 Å². The van der Waals surface area contributed by atoms with Gasteiger partial charge in [0.05, 0.1) is 53.3 Å². The molecule has 1 fully saturated rings. The van der Waals surface area contributed by atoms with Crippen LogP contribution in [0.4, 0.5) is 0 Å². The Labute approximate surface area is 125 Å². The third-order valence-electron chi connectivity index (χ3n) is 3.13. The lowest BCUT2D eigenvalue weighted by atomic mass is 10.3. The molecule has 4 nitrogen and oxygen atoms in total. The van der Waals surface area contributed by atoms with Crippen molar-refractivity contribution in [1.82, 2.24) is 9.66 Å².